The van der Waals surface area contributed by atoms with E-state index in [9.17, 15) is 4.79 Å². The Morgan fingerprint density at radius 3 is 2.92 bits per heavy atom. The quantitative estimate of drug-likeness (QED) is 0.245. The minimum Gasteiger partial charge on any atom is -0.466 e. The number of carbonyl (C=O) groups is 1. The van der Waals surface area contributed by atoms with Gasteiger partial charge in [-0.2, -0.15) is 5.10 Å². The SMILES string of the molecule is COC(=O)/C=C/c1ccc2c(c1)CCC2N(CCc1c[nH]c2cc(Cl)ccc12)Cc1cn(C)nc1C. The van der Waals surface area contributed by atoms with Gasteiger partial charge in [0.1, 0.15) is 0 Å². The summed E-state index contributed by atoms with van der Waals surface area (Å²) in [5.41, 5.74) is 8.45. The number of hydrogen-bond donors (Lipinski definition) is 1. The molecule has 0 radical (unpaired) electrons. The molecule has 0 saturated carbocycles. The highest BCUT2D eigenvalue weighted by molar-refractivity contribution is 6.31. The maximum atomic E-state index is 11.5. The fraction of sp³-hybridized carbons (Fsp3) is 0.310. The maximum Gasteiger partial charge on any atom is 0.330 e. The Balaban J connectivity index is 1.40. The first-order valence-electron chi connectivity index (χ1n) is 12.3. The number of H-pyrrole nitrogens is 1. The fourth-order valence-corrected chi connectivity index (χ4v) is 5.50. The minimum atomic E-state index is -0.342. The average molecular weight is 503 g/mol. The van der Waals surface area contributed by atoms with Crippen LogP contribution in [0.5, 0.6) is 0 Å². The highest BCUT2D eigenvalue weighted by atomic mass is 35.5. The van der Waals surface area contributed by atoms with Gasteiger partial charge in [0.2, 0.25) is 0 Å². The molecule has 2 aromatic heterocycles. The van der Waals surface area contributed by atoms with Crippen LogP contribution in [0.3, 0.4) is 0 Å². The molecule has 1 N–H and O–H groups in total. The second-order valence-corrected chi connectivity index (χ2v) is 9.94. The molecule has 2 heterocycles. The molecule has 5 rings (SSSR count). The number of nitrogens with zero attached hydrogens (tertiary/aromatic N) is 3. The third kappa shape index (κ3) is 5.11. The lowest BCUT2D eigenvalue weighted by Gasteiger charge is -2.29. The lowest BCUT2D eigenvalue weighted by molar-refractivity contribution is -0.134. The number of hydrogen-bond acceptors (Lipinski definition) is 4. The predicted molar refractivity (Wildman–Crippen MR) is 144 cm³/mol. The number of ether oxygens (including phenoxy) is 1. The molecule has 1 atom stereocenters. The van der Waals surface area contributed by atoms with Crippen molar-refractivity contribution in [2.45, 2.75) is 38.8 Å². The Kier molecular flexibility index (Phi) is 6.99. The second-order valence-electron chi connectivity index (χ2n) is 9.51. The van der Waals surface area contributed by atoms with Crippen molar-refractivity contribution in [1.29, 1.82) is 0 Å². The summed E-state index contributed by atoms with van der Waals surface area (Å²) in [6.07, 6.45) is 10.6. The molecule has 186 valence electrons. The number of nitrogens with one attached hydrogen (secondary N) is 1. The van der Waals surface area contributed by atoms with Crippen LogP contribution in [0.1, 0.15) is 46.0 Å². The van der Waals surface area contributed by atoms with E-state index in [0.717, 1.165) is 54.1 Å². The van der Waals surface area contributed by atoms with Crippen LogP contribution >= 0.6 is 11.6 Å². The molecule has 1 unspecified atom stereocenters. The van der Waals surface area contributed by atoms with Gasteiger partial charge >= 0.3 is 5.97 Å². The molecule has 4 aromatic rings. The van der Waals surface area contributed by atoms with Crippen LogP contribution < -0.4 is 0 Å². The molecule has 2 aromatic carbocycles. The maximum absolute atomic E-state index is 11.5. The summed E-state index contributed by atoms with van der Waals surface area (Å²) in [6, 6.07) is 12.9. The zero-order valence-electron chi connectivity index (χ0n) is 20.9. The topological polar surface area (TPSA) is 63.1 Å². The van der Waals surface area contributed by atoms with Gasteiger partial charge in [0, 0.05) is 66.1 Å². The molecule has 0 saturated heterocycles. The van der Waals surface area contributed by atoms with Crippen molar-refractivity contribution < 1.29 is 9.53 Å². The van der Waals surface area contributed by atoms with Gasteiger partial charge in [-0.15, -0.1) is 0 Å². The van der Waals surface area contributed by atoms with E-state index >= 15 is 0 Å². The van der Waals surface area contributed by atoms with E-state index in [1.807, 2.05) is 29.9 Å². The normalized spacial score (nSPS) is 15.3. The average Bonchev–Trinajstić information content (AvgIpc) is 3.56. The zero-order valence-corrected chi connectivity index (χ0v) is 21.7. The Morgan fingerprint density at radius 2 is 2.14 bits per heavy atom. The lowest BCUT2D eigenvalue weighted by Crippen LogP contribution is -2.29. The molecule has 0 amide bonds. The highest BCUT2D eigenvalue weighted by Gasteiger charge is 2.29. The van der Waals surface area contributed by atoms with Gasteiger partial charge in [-0.3, -0.25) is 9.58 Å². The van der Waals surface area contributed by atoms with Crippen molar-refractivity contribution >= 4 is 34.5 Å². The summed E-state index contributed by atoms with van der Waals surface area (Å²) in [7, 11) is 3.37. The monoisotopic (exact) mass is 502 g/mol. The van der Waals surface area contributed by atoms with Gasteiger partial charge < -0.3 is 9.72 Å². The molecular weight excluding hydrogens is 472 g/mol. The second kappa shape index (κ2) is 10.3. The predicted octanol–water partition coefficient (Wildman–Crippen LogP) is 5.78. The summed E-state index contributed by atoms with van der Waals surface area (Å²) < 4.78 is 6.62. The summed E-state index contributed by atoms with van der Waals surface area (Å²) in [5, 5.41) is 6.55. The molecule has 0 spiro atoms. The summed E-state index contributed by atoms with van der Waals surface area (Å²) in [4.78, 5) is 17.5. The van der Waals surface area contributed by atoms with E-state index in [-0.39, 0.29) is 5.97 Å². The first-order valence-corrected chi connectivity index (χ1v) is 12.7. The van der Waals surface area contributed by atoms with Crippen LogP contribution in [0.4, 0.5) is 0 Å². The van der Waals surface area contributed by atoms with Crippen molar-refractivity contribution in [1.82, 2.24) is 19.7 Å². The molecule has 0 aliphatic heterocycles. The van der Waals surface area contributed by atoms with Gasteiger partial charge in [-0.05, 0) is 66.6 Å². The molecule has 0 fully saturated rings. The molecule has 1 aliphatic rings. The molecule has 0 bridgehead atoms. The standard InChI is InChI=1S/C29H31ClN4O2/c1-19-23(17-33(2)32-19)18-34(13-12-22-16-31-27-15-24(30)7-9-25(22)27)28-10-6-21-14-20(4-8-26(21)28)5-11-29(35)36-3/h4-5,7-9,11,14-17,28,31H,6,10,12-13,18H2,1-3H3/b11-5+. The third-order valence-corrected chi connectivity index (χ3v) is 7.39. The first-order chi connectivity index (χ1) is 17.4. The Labute approximate surface area is 216 Å². The van der Waals surface area contributed by atoms with Crippen molar-refractivity contribution in [2.75, 3.05) is 13.7 Å². The van der Waals surface area contributed by atoms with Gasteiger partial charge in [-0.1, -0.05) is 35.9 Å². The van der Waals surface area contributed by atoms with Crippen LogP contribution in [-0.2, 0) is 36.0 Å². The van der Waals surface area contributed by atoms with Crippen LogP contribution in [0.15, 0.2) is 54.9 Å². The van der Waals surface area contributed by atoms with Crippen LogP contribution in [0.2, 0.25) is 5.02 Å². The molecule has 7 heteroatoms. The van der Waals surface area contributed by atoms with Gasteiger partial charge in [0.15, 0.2) is 0 Å². The third-order valence-electron chi connectivity index (χ3n) is 7.15. The zero-order chi connectivity index (χ0) is 25.2. The van der Waals surface area contributed by atoms with E-state index in [1.165, 1.54) is 40.8 Å². The lowest BCUT2D eigenvalue weighted by atomic mass is 10.0. The first kappa shape index (κ1) is 24.3. The van der Waals surface area contributed by atoms with E-state index < -0.39 is 0 Å². The van der Waals surface area contributed by atoms with Crippen LogP contribution in [-0.4, -0.2) is 39.3 Å². The minimum absolute atomic E-state index is 0.331. The van der Waals surface area contributed by atoms with E-state index in [1.54, 1.807) is 0 Å². The highest BCUT2D eigenvalue weighted by Crippen LogP contribution is 2.38. The number of halogens is 1. The van der Waals surface area contributed by atoms with Crippen LogP contribution in [0, 0.1) is 6.92 Å². The molecule has 36 heavy (non-hydrogen) atoms. The largest absolute Gasteiger partial charge is 0.466 e. The number of methoxy groups -OCH3 is 1. The van der Waals surface area contributed by atoms with E-state index in [2.05, 4.69) is 58.6 Å². The summed E-state index contributed by atoms with van der Waals surface area (Å²) in [5.74, 6) is -0.342. The van der Waals surface area contributed by atoms with Crippen molar-refractivity contribution in [2.24, 2.45) is 7.05 Å². The molecular formula is C29H31ClN4O2. The van der Waals surface area contributed by atoms with Crippen molar-refractivity contribution in [3.05, 3.63) is 93.4 Å². The number of benzene rings is 2. The van der Waals surface area contributed by atoms with Crippen LogP contribution in [0.25, 0.3) is 17.0 Å². The van der Waals surface area contributed by atoms with Gasteiger partial charge in [0.25, 0.3) is 0 Å². The Hall–Kier alpha value is -3.35. The Morgan fingerprint density at radius 1 is 1.28 bits per heavy atom. The summed E-state index contributed by atoms with van der Waals surface area (Å²) in [6.45, 7) is 3.86. The molecule has 1 aliphatic carbocycles. The fourth-order valence-electron chi connectivity index (χ4n) is 5.33. The van der Waals surface area contributed by atoms with Gasteiger partial charge in [0.05, 0.1) is 12.8 Å². The molecule has 6 nitrogen and oxygen atoms in total. The number of fused-ring (bicyclic) bond motifs is 2. The number of carbonyl (C=O) groups excluding carboxylic acids is 1. The number of aromatic nitrogens is 3. The number of rotatable bonds is 8. The Bertz CT molecular complexity index is 1430. The smallest absolute Gasteiger partial charge is 0.330 e. The van der Waals surface area contributed by atoms with Gasteiger partial charge in [-0.25, -0.2) is 4.79 Å². The number of aromatic amines is 1. The summed E-state index contributed by atoms with van der Waals surface area (Å²) >= 11 is 6.19. The van der Waals surface area contributed by atoms with E-state index in [0.29, 0.717) is 6.04 Å². The van der Waals surface area contributed by atoms with E-state index in [4.69, 9.17) is 16.3 Å². The number of esters is 1. The number of aryl methyl sites for hydroxylation is 3. The van der Waals surface area contributed by atoms with Crippen molar-refractivity contribution in [3.8, 4) is 0 Å². The van der Waals surface area contributed by atoms with Crippen molar-refractivity contribution in [3.63, 3.8) is 0 Å².